The van der Waals surface area contributed by atoms with Gasteiger partial charge in [0.25, 0.3) is 5.91 Å². The number of aromatic nitrogens is 2. The van der Waals surface area contributed by atoms with Gasteiger partial charge in [-0.1, -0.05) is 60.7 Å². The molecule has 0 aliphatic carbocycles. The van der Waals surface area contributed by atoms with Crippen molar-refractivity contribution in [2.75, 3.05) is 7.05 Å². The van der Waals surface area contributed by atoms with Crippen molar-refractivity contribution in [1.29, 1.82) is 0 Å². The maximum Gasteiger partial charge on any atom is 0.287 e. The minimum Gasteiger partial charge on any atom is -0.459 e. The summed E-state index contributed by atoms with van der Waals surface area (Å²) in [6.45, 7) is 1.05. The average Bonchev–Trinajstić information content (AvgIpc) is 3.52. The molecule has 0 saturated carbocycles. The Labute approximate surface area is 192 Å². The molecule has 2 amide bonds. The van der Waals surface area contributed by atoms with Crippen LogP contribution in [0.5, 0.6) is 0 Å². The molecule has 0 unspecified atom stereocenters. The van der Waals surface area contributed by atoms with Gasteiger partial charge in [0.2, 0.25) is 5.91 Å². The van der Waals surface area contributed by atoms with E-state index in [4.69, 9.17) is 4.42 Å². The lowest BCUT2D eigenvalue weighted by atomic mass is 10.0. The molecule has 1 N–H and O–H groups in total. The van der Waals surface area contributed by atoms with Crippen LogP contribution >= 0.6 is 0 Å². The lowest BCUT2D eigenvalue weighted by Gasteiger charge is -2.24. The Hall–Kier alpha value is -4.13. The van der Waals surface area contributed by atoms with E-state index in [1.807, 2.05) is 71.5 Å². The van der Waals surface area contributed by atoms with Gasteiger partial charge in [0, 0.05) is 31.8 Å². The first-order valence-corrected chi connectivity index (χ1v) is 10.8. The first-order valence-electron chi connectivity index (χ1n) is 10.8. The van der Waals surface area contributed by atoms with E-state index in [0.29, 0.717) is 19.5 Å². The van der Waals surface area contributed by atoms with E-state index in [-0.39, 0.29) is 11.7 Å². The van der Waals surface area contributed by atoms with Gasteiger partial charge >= 0.3 is 0 Å². The highest BCUT2D eigenvalue weighted by molar-refractivity contribution is 5.95. The molecule has 7 heteroatoms. The summed E-state index contributed by atoms with van der Waals surface area (Å²) in [7, 11) is 1.73. The molecule has 4 aromatic rings. The molecule has 0 saturated heterocycles. The van der Waals surface area contributed by atoms with Crippen LogP contribution in [0.15, 0.2) is 95.9 Å². The quantitative estimate of drug-likeness (QED) is 0.430. The summed E-state index contributed by atoms with van der Waals surface area (Å²) in [5.74, 6) is -0.432. The van der Waals surface area contributed by atoms with Crippen molar-refractivity contribution in [1.82, 2.24) is 20.0 Å². The third-order valence-electron chi connectivity index (χ3n) is 5.30. The second-order valence-electron chi connectivity index (χ2n) is 7.92. The summed E-state index contributed by atoms with van der Waals surface area (Å²) in [5, 5.41) is 7.24. The Morgan fingerprint density at radius 3 is 2.33 bits per heavy atom. The van der Waals surface area contributed by atoms with Gasteiger partial charge in [-0.2, -0.15) is 5.10 Å². The molecule has 7 nitrogen and oxygen atoms in total. The van der Waals surface area contributed by atoms with Crippen LogP contribution in [0.2, 0.25) is 0 Å². The molecule has 0 aliphatic rings. The van der Waals surface area contributed by atoms with Crippen molar-refractivity contribution in [2.45, 2.75) is 25.6 Å². The fraction of sp³-hybridized carbons (Fsp3) is 0.192. The number of carbonyl (C=O) groups is 2. The van der Waals surface area contributed by atoms with Crippen LogP contribution in [0.4, 0.5) is 0 Å². The van der Waals surface area contributed by atoms with Gasteiger partial charge in [0.15, 0.2) is 5.76 Å². The summed E-state index contributed by atoms with van der Waals surface area (Å²) >= 11 is 0. The zero-order chi connectivity index (χ0) is 23.0. The van der Waals surface area contributed by atoms with E-state index in [2.05, 4.69) is 10.4 Å². The summed E-state index contributed by atoms with van der Waals surface area (Å²) in [4.78, 5) is 27.5. The molecule has 2 aromatic carbocycles. The normalized spacial score (nSPS) is 11.7. The standard InChI is InChI=1S/C26H26N4O3/c1-29(17-22-16-27-30(19-22)18-21-11-6-3-7-12-21)26(32)23(15-20-9-4-2-5-10-20)28-25(31)24-13-8-14-33-24/h2-14,16,19,23H,15,17-18H2,1H3,(H,28,31)/t23-/m1/s1. The zero-order valence-corrected chi connectivity index (χ0v) is 18.4. The van der Waals surface area contributed by atoms with Crippen LogP contribution in [0.25, 0.3) is 0 Å². The van der Waals surface area contributed by atoms with Gasteiger partial charge < -0.3 is 14.6 Å². The molecule has 2 aromatic heterocycles. The minimum atomic E-state index is -0.727. The van der Waals surface area contributed by atoms with Crippen LogP contribution in [-0.2, 0) is 24.3 Å². The van der Waals surface area contributed by atoms with E-state index < -0.39 is 11.9 Å². The average molecular weight is 443 g/mol. The first kappa shape index (κ1) is 22.1. The van der Waals surface area contributed by atoms with Crippen LogP contribution in [0, 0.1) is 0 Å². The van der Waals surface area contributed by atoms with Gasteiger partial charge in [-0.3, -0.25) is 14.3 Å². The van der Waals surface area contributed by atoms with Crippen molar-refractivity contribution >= 4 is 11.8 Å². The predicted octanol–water partition coefficient (Wildman–Crippen LogP) is 3.52. The van der Waals surface area contributed by atoms with Crippen molar-refractivity contribution < 1.29 is 14.0 Å². The lowest BCUT2D eigenvalue weighted by Crippen LogP contribution is -2.48. The second-order valence-corrected chi connectivity index (χ2v) is 7.92. The second kappa shape index (κ2) is 10.5. The molecule has 1 atom stereocenters. The molecule has 0 bridgehead atoms. The van der Waals surface area contributed by atoms with Crippen molar-refractivity contribution in [2.24, 2.45) is 0 Å². The molecule has 168 valence electrons. The topological polar surface area (TPSA) is 80.4 Å². The van der Waals surface area contributed by atoms with E-state index in [1.54, 1.807) is 30.3 Å². The Morgan fingerprint density at radius 2 is 1.67 bits per heavy atom. The summed E-state index contributed by atoms with van der Waals surface area (Å²) in [6, 6.07) is 22.2. The first-order chi connectivity index (χ1) is 16.1. The summed E-state index contributed by atoms with van der Waals surface area (Å²) < 4.78 is 7.04. The number of nitrogens with one attached hydrogen (secondary N) is 1. The molecular weight excluding hydrogens is 416 g/mol. The Balaban J connectivity index is 1.44. The van der Waals surface area contributed by atoms with E-state index in [9.17, 15) is 9.59 Å². The number of carbonyl (C=O) groups excluding carboxylic acids is 2. The molecule has 0 spiro atoms. The number of likely N-dealkylation sites (N-methyl/N-ethyl adjacent to an activating group) is 1. The molecule has 33 heavy (non-hydrogen) atoms. The Kier molecular flexibility index (Phi) is 6.99. The number of benzene rings is 2. The third kappa shape index (κ3) is 5.98. The maximum absolute atomic E-state index is 13.3. The highest BCUT2D eigenvalue weighted by Crippen LogP contribution is 2.11. The Morgan fingerprint density at radius 1 is 0.970 bits per heavy atom. The van der Waals surface area contributed by atoms with Gasteiger partial charge in [0.1, 0.15) is 6.04 Å². The van der Waals surface area contributed by atoms with E-state index in [0.717, 1.165) is 16.7 Å². The van der Waals surface area contributed by atoms with Crippen LogP contribution in [0.1, 0.15) is 27.2 Å². The number of rotatable bonds is 9. The maximum atomic E-state index is 13.3. The smallest absolute Gasteiger partial charge is 0.287 e. The molecule has 0 aliphatic heterocycles. The molecule has 2 heterocycles. The highest BCUT2D eigenvalue weighted by Gasteiger charge is 2.26. The summed E-state index contributed by atoms with van der Waals surface area (Å²) in [5.41, 5.74) is 3.03. The molecule has 0 fully saturated rings. The molecular formula is C26H26N4O3. The van der Waals surface area contributed by atoms with Gasteiger partial charge in [-0.15, -0.1) is 0 Å². The molecule has 0 radical (unpaired) electrons. The van der Waals surface area contributed by atoms with Crippen molar-refractivity contribution in [3.05, 3.63) is 114 Å². The largest absolute Gasteiger partial charge is 0.459 e. The van der Waals surface area contributed by atoms with E-state index in [1.165, 1.54) is 6.26 Å². The third-order valence-corrected chi connectivity index (χ3v) is 5.30. The Bertz CT molecular complexity index is 1170. The van der Waals surface area contributed by atoms with Crippen LogP contribution in [-0.4, -0.2) is 39.6 Å². The van der Waals surface area contributed by atoms with Crippen LogP contribution in [0.3, 0.4) is 0 Å². The molecule has 4 rings (SSSR count). The number of hydrogen-bond donors (Lipinski definition) is 1. The predicted molar refractivity (Wildman–Crippen MR) is 124 cm³/mol. The summed E-state index contributed by atoms with van der Waals surface area (Å²) in [6.07, 6.45) is 5.51. The number of amides is 2. The van der Waals surface area contributed by atoms with Crippen LogP contribution < -0.4 is 5.32 Å². The van der Waals surface area contributed by atoms with E-state index >= 15 is 0 Å². The highest BCUT2D eigenvalue weighted by atomic mass is 16.3. The zero-order valence-electron chi connectivity index (χ0n) is 18.4. The fourth-order valence-electron chi connectivity index (χ4n) is 3.65. The number of nitrogens with zero attached hydrogens (tertiary/aromatic N) is 3. The monoisotopic (exact) mass is 442 g/mol. The fourth-order valence-corrected chi connectivity index (χ4v) is 3.65. The van der Waals surface area contributed by atoms with Crippen molar-refractivity contribution in [3.8, 4) is 0 Å². The van der Waals surface area contributed by atoms with Gasteiger partial charge in [-0.05, 0) is 23.3 Å². The minimum absolute atomic E-state index is 0.172. The number of hydrogen-bond acceptors (Lipinski definition) is 4. The number of furan rings is 1. The lowest BCUT2D eigenvalue weighted by molar-refractivity contribution is -0.132. The van der Waals surface area contributed by atoms with Gasteiger partial charge in [-0.25, -0.2) is 0 Å². The SMILES string of the molecule is CN(Cc1cnn(Cc2ccccc2)c1)C(=O)[C@@H](Cc1ccccc1)NC(=O)c1ccco1. The van der Waals surface area contributed by atoms with Gasteiger partial charge in [0.05, 0.1) is 19.0 Å². The van der Waals surface area contributed by atoms with Crippen molar-refractivity contribution in [3.63, 3.8) is 0 Å².